The highest BCUT2D eigenvalue weighted by Gasteiger charge is 2.30. The smallest absolute Gasteiger partial charge is 0.0931 e. The molecule has 0 aromatic carbocycles. The first-order chi connectivity index (χ1) is 12.3. The summed E-state index contributed by atoms with van der Waals surface area (Å²) in [5.41, 5.74) is 5.48. The van der Waals surface area contributed by atoms with Crippen molar-refractivity contribution in [3.63, 3.8) is 0 Å². The summed E-state index contributed by atoms with van der Waals surface area (Å²) >= 11 is 0. The van der Waals surface area contributed by atoms with Gasteiger partial charge in [-0.1, -0.05) is 43.4 Å². The third-order valence-electron chi connectivity index (χ3n) is 4.26. The summed E-state index contributed by atoms with van der Waals surface area (Å²) in [4.78, 5) is 0. The summed E-state index contributed by atoms with van der Waals surface area (Å²) in [6, 6.07) is 0. The lowest BCUT2D eigenvalue weighted by atomic mass is 10.00. The molecule has 1 aliphatic rings. The highest BCUT2D eigenvalue weighted by molar-refractivity contribution is 9.00. The Kier molecular flexibility index (Phi) is 15.0. The van der Waals surface area contributed by atoms with Gasteiger partial charge < -0.3 is 9.26 Å². The van der Waals surface area contributed by atoms with E-state index in [0.717, 1.165) is 40.1 Å². The zero-order valence-electron chi connectivity index (χ0n) is 15.9. The van der Waals surface area contributed by atoms with Crippen LogP contribution in [0.15, 0.2) is 30.0 Å². The van der Waals surface area contributed by atoms with Gasteiger partial charge >= 0.3 is 0 Å². The third-order valence-corrected chi connectivity index (χ3v) is 36.6. The normalized spacial score (nSPS) is 24.2. The van der Waals surface area contributed by atoms with Gasteiger partial charge in [-0.15, -0.1) is 32.5 Å². The van der Waals surface area contributed by atoms with E-state index in [0.29, 0.717) is 6.10 Å². The Morgan fingerprint density at radius 3 is 2.65 bits per heavy atom. The highest BCUT2D eigenvalue weighted by Crippen LogP contribution is 3.01. The number of ether oxygens (including phenoxy) is 1. The Bertz CT molecular complexity index is 495. The minimum Gasteiger partial charge on any atom is -0.370 e. The van der Waals surface area contributed by atoms with Crippen molar-refractivity contribution in [2.24, 2.45) is 0 Å². The van der Waals surface area contributed by atoms with E-state index in [-0.39, 0.29) is 26.2 Å². The van der Waals surface area contributed by atoms with E-state index >= 15 is 0 Å². The van der Waals surface area contributed by atoms with Crippen molar-refractivity contribution in [3.05, 3.63) is 30.0 Å². The Labute approximate surface area is 174 Å². The monoisotopic (exact) mass is 506 g/mol. The Morgan fingerprint density at radius 1 is 1.42 bits per heavy atom. The molecule has 1 aliphatic heterocycles. The van der Waals surface area contributed by atoms with Crippen LogP contribution in [0.2, 0.25) is 0 Å². The van der Waals surface area contributed by atoms with Crippen molar-refractivity contribution in [3.8, 4) is 0 Å². The summed E-state index contributed by atoms with van der Waals surface area (Å²) in [6.45, 7) is 12.0. The molecule has 150 valence electrons. The fourth-order valence-electron chi connectivity index (χ4n) is 2.91. The van der Waals surface area contributed by atoms with E-state index in [1.165, 1.54) is 17.6 Å². The van der Waals surface area contributed by atoms with Gasteiger partial charge in [0.25, 0.3) is 0 Å². The molecule has 1 fully saturated rings. The molecular weight excluding hydrogens is 472 g/mol. The lowest BCUT2D eigenvalue weighted by molar-refractivity contribution is 0.0365. The molecule has 10 atom stereocenters. The zero-order valence-corrected chi connectivity index (χ0v) is 24.2. The summed E-state index contributed by atoms with van der Waals surface area (Å²) in [6.07, 6.45) is 7.03. The van der Waals surface area contributed by atoms with Gasteiger partial charge in [-0.2, -0.15) is 0 Å². The highest BCUT2D eigenvalue weighted by atomic mass is 33.0. The molecular formula is C16H34O2P8. The van der Waals surface area contributed by atoms with Crippen molar-refractivity contribution < 1.29 is 9.26 Å². The van der Waals surface area contributed by atoms with Gasteiger partial charge in [0.1, 0.15) is 0 Å². The molecule has 0 bridgehead atoms. The summed E-state index contributed by atoms with van der Waals surface area (Å²) in [7, 11) is 12.3. The van der Waals surface area contributed by atoms with Crippen LogP contribution in [0.3, 0.4) is 0 Å². The van der Waals surface area contributed by atoms with Gasteiger partial charge in [0.05, 0.1) is 25.8 Å². The maximum atomic E-state index is 6.69. The summed E-state index contributed by atoms with van der Waals surface area (Å²) < 4.78 is 12.9. The fraction of sp³-hybridized carbons (Fsp3) is 0.688. The molecule has 0 spiro atoms. The van der Waals surface area contributed by atoms with Gasteiger partial charge in [-0.05, 0) is 57.7 Å². The molecule has 1 rings (SSSR count). The van der Waals surface area contributed by atoms with Gasteiger partial charge in [-0.25, -0.2) is 0 Å². The summed E-state index contributed by atoms with van der Waals surface area (Å²) in [5, 5.41) is 0. The Balaban J connectivity index is 2.71. The second kappa shape index (κ2) is 14.6. The van der Waals surface area contributed by atoms with Crippen LogP contribution in [-0.4, -0.2) is 18.3 Å². The van der Waals surface area contributed by atoms with Crippen molar-refractivity contribution in [1.82, 2.24) is 0 Å². The fourth-order valence-corrected chi connectivity index (χ4v) is 42.0. The minimum atomic E-state index is -0.420. The molecule has 2 nitrogen and oxygen atoms in total. The maximum absolute atomic E-state index is 6.69. The standard InChI is InChI=1S/C16H34O2P8/c1-5-7-14-11-13(4)16(17-14)9-8-15(10-12(3)6-2)18-24(25(20)21)26(22)23-19/h14-16,23H,2,4-5,7-11,19-22H2,1,3H3/t14-,15-,16?,24?,26?/m0/s1. The first kappa shape index (κ1) is 26.7. The lowest BCUT2D eigenvalue weighted by Crippen LogP contribution is -2.17. The largest absolute Gasteiger partial charge is 0.370 e. The van der Waals surface area contributed by atoms with Crippen LogP contribution in [0, 0.1) is 0 Å². The quantitative estimate of drug-likeness (QED) is 0.150. The SMILES string of the molecule is C=C=C(C)C[C@H](CCC1O[C@@H](CCC)CC1=C)OP(P(P)P)P(P)PP. The van der Waals surface area contributed by atoms with Crippen LogP contribution < -0.4 is 0 Å². The molecule has 0 aromatic rings. The van der Waals surface area contributed by atoms with E-state index in [1.807, 2.05) is 0 Å². The first-order valence-electron chi connectivity index (χ1n) is 8.78. The molecule has 26 heavy (non-hydrogen) atoms. The topological polar surface area (TPSA) is 18.5 Å². The van der Waals surface area contributed by atoms with E-state index in [4.69, 9.17) is 9.26 Å². The predicted octanol–water partition coefficient (Wildman–Crippen LogP) is 8.73. The molecule has 0 aromatic heterocycles. The van der Waals surface area contributed by atoms with Crippen molar-refractivity contribution in [2.45, 2.75) is 70.7 Å². The zero-order chi connectivity index (χ0) is 19.7. The average molecular weight is 506 g/mol. The van der Waals surface area contributed by atoms with E-state index in [2.05, 4.69) is 68.5 Å². The van der Waals surface area contributed by atoms with Gasteiger partial charge in [-0.3, -0.25) is 0 Å². The van der Waals surface area contributed by atoms with Crippen LogP contribution in [0.4, 0.5) is 0 Å². The molecule has 0 radical (unpaired) electrons. The number of rotatable bonds is 12. The molecule has 0 aliphatic carbocycles. The maximum Gasteiger partial charge on any atom is 0.0931 e. The van der Waals surface area contributed by atoms with Crippen LogP contribution in [0.1, 0.15) is 52.4 Å². The van der Waals surface area contributed by atoms with Crippen molar-refractivity contribution >= 4 is 65.2 Å². The van der Waals surface area contributed by atoms with Gasteiger partial charge in [0.2, 0.25) is 0 Å². The molecule has 0 N–H and O–H groups in total. The van der Waals surface area contributed by atoms with Crippen LogP contribution in [-0.2, 0) is 9.26 Å². The van der Waals surface area contributed by atoms with E-state index in [1.54, 1.807) is 0 Å². The lowest BCUT2D eigenvalue weighted by Gasteiger charge is -2.31. The Hall–Kier alpha value is 2.62. The van der Waals surface area contributed by atoms with Crippen molar-refractivity contribution in [2.75, 3.05) is 0 Å². The number of hydrogen-bond acceptors (Lipinski definition) is 2. The number of hydrogen-bond donors (Lipinski definition) is 0. The molecule has 10 heteroatoms. The average Bonchev–Trinajstić information content (AvgIpc) is 2.95. The second-order valence-electron chi connectivity index (χ2n) is 6.47. The summed E-state index contributed by atoms with van der Waals surface area (Å²) in [5.74, 6) is 0. The van der Waals surface area contributed by atoms with E-state index < -0.39 is 7.53 Å². The van der Waals surface area contributed by atoms with Gasteiger partial charge in [0, 0.05) is 6.42 Å². The van der Waals surface area contributed by atoms with E-state index in [9.17, 15) is 0 Å². The predicted molar refractivity (Wildman–Crippen MR) is 142 cm³/mol. The first-order valence-corrected chi connectivity index (χ1v) is 22.6. The van der Waals surface area contributed by atoms with Crippen LogP contribution in [0.5, 0.6) is 0 Å². The van der Waals surface area contributed by atoms with Crippen LogP contribution in [0.25, 0.3) is 0 Å². The molecule has 1 heterocycles. The van der Waals surface area contributed by atoms with Crippen LogP contribution >= 0.6 is 65.2 Å². The second-order valence-corrected chi connectivity index (χ2v) is 32.5. The minimum absolute atomic E-state index is 0.142. The molecule has 1 saturated heterocycles. The molecule has 8 unspecified atom stereocenters. The van der Waals surface area contributed by atoms with Gasteiger partial charge in [0.15, 0.2) is 0 Å². The molecule has 0 saturated carbocycles. The molecule has 0 amide bonds. The third kappa shape index (κ3) is 9.62. The Morgan fingerprint density at radius 2 is 2.12 bits per heavy atom. The van der Waals surface area contributed by atoms with Crippen molar-refractivity contribution in [1.29, 1.82) is 0 Å².